The van der Waals surface area contributed by atoms with E-state index in [4.69, 9.17) is 4.42 Å². The average molecular weight is 266 g/mol. The summed E-state index contributed by atoms with van der Waals surface area (Å²) in [7, 11) is 0. The van der Waals surface area contributed by atoms with Gasteiger partial charge in [-0.15, -0.1) is 10.2 Å². The molecule has 0 spiro atoms. The minimum Gasteiger partial charge on any atom is -0.424 e. The Kier molecular flexibility index (Phi) is 4.19. The molecular weight excluding hydrogens is 244 g/mol. The summed E-state index contributed by atoms with van der Waals surface area (Å²) < 4.78 is 5.55. The summed E-state index contributed by atoms with van der Waals surface area (Å²) in [6.45, 7) is 8.08. The van der Waals surface area contributed by atoms with E-state index in [1.165, 1.54) is 0 Å². The van der Waals surface area contributed by atoms with Gasteiger partial charge in [-0.25, -0.2) is 0 Å². The average Bonchev–Trinajstić information content (AvgIpc) is 2.84. The molecular formula is C13H22N4O2. The van der Waals surface area contributed by atoms with Crippen LogP contribution in [-0.2, 0) is 17.8 Å². The van der Waals surface area contributed by atoms with E-state index in [-0.39, 0.29) is 5.91 Å². The molecule has 19 heavy (non-hydrogen) atoms. The normalized spacial score (nSPS) is 24.5. The zero-order valence-corrected chi connectivity index (χ0v) is 11.9. The Morgan fingerprint density at radius 2 is 2.11 bits per heavy atom. The Hall–Kier alpha value is -1.43. The number of amides is 1. The molecule has 0 radical (unpaired) electrons. The summed E-state index contributed by atoms with van der Waals surface area (Å²) in [5, 5.41) is 11.0. The topological polar surface area (TPSA) is 71.3 Å². The number of hydrogen-bond acceptors (Lipinski definition) is 5. The first kappa shape index (κ1) is 14.0. The van der Waals surface area contributed by atoms with Crippen LogP contribution in [0.1, 0.15) is 45.4 Å². The van der Waals surface area contributed by atoms with Crippen molar-refractivity contribution in [2.24, 2.45) is 0 Å². The maximum Gasteiger partial charge on any atom is 0.240 e. The van der Waals surface area contributed by atoms with Crippen molar-refractivity contribution in [3.63, 3.8) is 0 Å². The summed E-state index contributed by atoms with van der Waals surface area (Å²) in [4.78, 5) is 14.3. The monoisotopic (exact) mass is 266 g/mol. The number of carbonyl (C=O) groups is 1. The highest BCUT2D eigenvalue weighted by Gasteiger charge is 2.41. The van der Waals surface area contributed by atoms with Gasteiger partial charge in [-0.3, -0.25) is 9.69 Å². The lowest BCUT2D eigenvalue weighted by Gasteiger charge is -2.42. The predicted molar refractivity (Wildman–Crippen MR) is 70.4 cm³/mol. The third-order valence-electron chi connectivity index (χ3n) is 3.73. The maximum absolute atomic E-state index is 12.1. The molecule has 1 unspecified atom stereocenters. The number of nitrogens with zero attached hydrogens (tertiary/aromatic N) is 3. The van der Waals surface area contributed by atoms with E-state index in [9.17, 15) is 4.79 Å². The van der Waals surface area contributed by atoms with Crippen LogP contribution in [0, 0.1) is 0 Å². The molecule has 1 aliphatic rings. The SMILES string of the molecule is CCCC1(C)C(=O)NCCN1Cc1nnc(CC)o1. The maximum atomic E-state index is 12.1. The number of hydrogen-bond donors (Lipinski definition) is 1. The molecule has 2 rings (SSSR count). The third kappa shape index (κ3) is 2.78. The van der Waals surface area contributed by atoms with Gasteiger partial charge in [0.1, 0.15) is 0 Å². The van der Waals surface area contributed by atoms with E-state index in [1.54, 1.807) is 0 Å². The van der Waals surface area contributed by atoms with E-state index in [0.29, 0.717) is 24.9 Å². The van der Waals surface area contributed by atoms with Crippen molar-refractivity contribution in [1.29, 1.82) is 0 Å². The van der Waals surface area contributed by atoms with Crippen LogP contribution in [0.4, 0.5) is 0 Å². The summed E-state index contributed by atoms with van der Waals surface area (Å²) in [6.07, 6.45) is 2.53. The van der Waals surface area contributed by atoms with Crippen molar-refractivity contribution in [3.05, 3.63) is 11.8 Å². The van der Waals surface area contributed by atoms with Gasteiger partial charge in [0.25, 0.3) is 0 Å². The number of piperazine rings is 1. The van der Waals surface area contributed by atoms with Gasteiger partial charge in [0.15, 0.2) is 0 Å². The number of nitrogens with one attached hydrogen (secondary N) is 1. The lowest BCUT2D eigenvalue weighted by Crippen LogP contribution is -2.62. The molecule has 2 heterocycles. The predicted octanol–water partition coefficient (Wildman–Crippen LogP) is 1.12. The van der Waals surface area contributed by atoms with Gasteiger partial charge < -0.3 is 9.73 Å². The van der Waals surface area contributed by atoms with Gasteiger partial charge in [-0.2, -0.15) is 0 Å². The summed E-state index contributed by atoms with van der Waals surface area (Å²) >= 11 is 0. The highest BCUT2D eigenvalue weighted by atomic mass is 16.4. The van der Waals surface area contributed by atoms with E-state index in [0.717, 1.165) is 25.8 Å². The van der Waals surface area contributed by atoms with Gasteiger partial charge in [-0.05, 0) is 13.3 Å². The van der Waals surface area contributed by atoms with Crippen LogP contribution in [0.15, 0.2) is 4.42 Å². The molecule has 0 aliphatic carbocycles. The quantitative estimate of drug-likeness (QED) is 0.864. The first-order valence-corrected chi connectivity index (χ1v) is 6.94. The number of carbonyl (C=O) groups excluding carboxylic acids is 1. The molecule has 0 bridgehead atoms. The molecule has 6 nitrogen and oxygen atoms in total. The summed E-state index contributed by atoms with van der Waals surface area (Å²) in [6, 6.07) is 0. The van der Waals surface area contributed by atoms with Crippen molar-refractivity contribution < 1.29 is 9.21 Å². The summed E-state index contributed by atoms with van der Waals surface area (Å²) in [5.41, 5.74) is -0.478. The zero-order chi connectivity index (χ0) is 13.9. The second kappa shape index (κ2) is 5.69. The second-order valence-corrected chi connectivity index (χ2v) is 5.14. The first-order chi connectivity index (χ1) is 9.10. The zero-order valence-electron chi connectivity index (χ0n) is 11.9. The Morgan fingerprint density at radius 3 is 2.74 bits per heavy atom. The lowest BCUT2D eigenvalue weighted by atomic mass is 9.90. The molecule has 1 N–H and O–H groups in total. The molecule has 0 aromatic carbocycles. The Labute approximate surface area is 113 Å². The van der Waals surface area contributed by atoms with E-state index >= 15 is 0 Å². The van der Waals surface area contributed by atoms with Gasteiger partial charge in [0.05, 0.1) is 12.1 Å². The Balaban J connectivity index is 2.13. The molecule has 6 heteroatoms. The fourth-order valence-electron chi connectivity index (χ4n) is 2.56. The van der Waals surface area contributed by atoms with Crippen molar-refractivity contribution in [1.82, 2.24) is 20.4 Å². The fraction of sp³-hybridized carbons (Fsp3) is 0.769. The molecule has 0 saturated carbocycles. The van der Waals surface area contributed by atoms with E-state index < -0.39 is 5.54 Å². The van der Waals surface area contributed by atoms with Crippen molar-refractivity contribution >= 4 is 5.91 Å². The van der Waals surface area contributed by atoms with Gasteiger partial charge in [-0.1, -0.05) is 20.3 Å². The van der Waals surface area contributed by atoms with Crippen LogP contribution in [-0.4, -0.2) is 39.6 Å². The fourth-order valence-corrected chi connectivity index (χ4v) is 2.56. The van der Waals surface area contributed by atoms with Crippen LogP contribution >= 0.6 is 0 Å². The number of rotatable bonds is 5. The Bertz CT molecular complexity index is 446. The highest BCUT2D eigenvalue weighted by Crippen LogP contribution is 2.25. The molecule has 106 valence electrons. The lowest BCUT2D eigenvalue weighted by molar-refractivity contribution is -0.137. The highest BCUT2D eigenvalue weighted by molar-refractivity contribution is 5.86. The molecule has 1 atom stereocenters. The molecule has 1 aliphatic heterocycles. The standard InChI is InChI=1S/C13H22N4O2/c1-4-6-13(3)12(18)14-7-8-17(13)9-11-16-15-10(5-2)19-11/h4-9H2,1-3H3,(H,14,18). The van der Waals surface area contributed by atoms with Crippen LogP contribution < -0.4 is 5.32 Å². The molecule has 1 saturated heterocycles. The molecule has 1 amide bonds. The number of aromatic nitrogens is 2. The molecule has 1 aromatic heterocycles. The number of aryl methyl sites for hydroxylation is 1. The third-order valence-corrected chi connectivity index (χ3v) is 3.73. The minimum atomic E-state index is -0.478. The van der Waals surface area contributed by atoms with Crippen molar-refractivity contribution in [2.75, 3.05) is 13.1 Å². The second-order valence-electron chi connectivity index (χ2n) is 5.14. The van der Waals surface area contributed by atoms with Gasteiger partial charge in [0, 0.05) is 19.5 Å². The van der Waals surface area contributed by atoms with Crippen molar-refractivity contribution in [2.45, 2.75) is 52.1 Å². The van der Waals surface area contributed by atoms with Gasteiger partial charge in [0.2, 0.25) is 17.7 Å². The first-order valence-electron chi connectivity index (χ1n) is 6.94. The Morgan fingerprint density at radius 1 is 1.37 bits per heavy atom. The summed E-state index contributed by atoms with van der Waals surface area (Å²) in [5.74, 6) is 1.33. The minimum absolute atomic E-state index is 0.0934. The molecule has 1 aromatic rings. The van der Waals surface area contributed by atoms with Crippen LogP contribution in [0.25, 0.3) is 0 Å². The van der Waals surface area contributed by atoms with Crippen LogP contribution in [0.2, 0.25) is 0 Å². The molecule has 1 fully saturated rings. The van der Waals surface area contributed by atoms with E-state index in [1.807, 2.05) is 13.8 Å². The van der Waals surface area contributed by atoms with Crippen LogP contribution in [0.5, 0.6) is 0 Å². The van der Waals surface area contributed by atoms with Crippen LogP contribution in [0.3, 0.4) is 0 Å². The van der Waals surface area contributed by atoms with E-state index in [2.05, 4.69) is 27.3 Å². The van der Waals surface area contributed by atoms with Gasteiger partial charge >= 0.3 is 0 Å². The smallest absolute Gasteiger partial charge is 0.240 e. The largest absolute Gasteiger partial charge is 0.424 e. The van der Waals surface area contributed by atoms with Crippen molar-refractivity contribution in [3.8, 4) is 0 Å².